The second-order valence-electron chi connectivity index (χ2n) is 6.96. The van der Waals surface area contributed by atoms with Gasteiger partial charge in [-0.15, -0.1) is 0 Å². The Morgan fingerprint density at radius 3 is 2.23 bits per heavy atom. The normalized spacial score (nSPS) is 13.5. The smallest absolute Gasteiger partial charge is 0.325 e. The first-order valence-corrected chi connectivity index (χ1v) is 10.1. The summed E-state index contributed by atoms with van der Waals surface area (Å²) in [6.07, 6.45) is 2.00. The molecular weight excluding hydrogens is 390 g/mol. The second-order valence-corrected chi connectivity index (χ2v) is 6.96. The topological polar surface area (TPSA) is 105 Å². The average molecular weight is 419 g/mol. The lowest BCUT2D eigenvalue weighted by Gasteiger charge is -2.34. The van der Waals surface area contributed by atoms with Crippen LogP contribution in [0, 0.1) is 0 Å². The lowest BCUT2D eigenvalue weighted by Crippen LogP contribution is -2.51. The molecule has 0 bridgehead atoms. The molecule has 0 unspecified atom stereocenters. The van der Waals surface area contributed by atoms with Gasteiger partial charge in [-0.1, -0.05) is 13.3 Å². The molecule has 0 atom stereocenters. The van der Waals surface area contributed by atoms with E-state index in [4.69, 9.17) is 9.47 Å². The number of hydrogen-bond donors (Lipinski definition) is 1. The molecule has 0 saturated carbocycles. The number of rotatable bonds is 9. The van der Waals surface area contributed by atoms with Gasteiger partial charge in [0.05, 0.1) is 6.61 Å². The van der Waals surface area contributed by atoms with Crippen molar-refractivity contribution >= 4 is 23.7 Å². The molecule has 0 spiro atoms. The molecule has 0 radical (unpaired) electrons. The van der Waals surface area contributed by atoms with Crippen molar-refractivity contribution in [3.05, 3.63) is 29.8 Å². The van der Waals surface area contributed by atoms with E-state index in [-0.39, 0.29) is 18.4 Å². The zero-order valence-corrected chi connectivity index (χ0v) is 17.5. The minimum Gasteiger partial charge on any atom is -0.494 e. The Kier molecular flexibility index (Phi) is 9.11. The molecule has 9 nitrogen and oxygen atoms in total. The molecule has 1 N–H and O–H groups in total. The van der Waals surface area contributed by atoms with Gasteiger partial charge in [-0.3, -0.25) is 19.2 Å². The SMILES string of the molecule is CCCCOc1ccc(C(=O)NCC(=O)OCC(=O)N2CCN(C(C)=O)CC2)cc1. The van der Waals surface area contributed by atoms with E-state index in [2.05, 4.69) is 12.2 Å². The minimum atomic E-state index is -0.696. The molecule has 1 saturated heterocycles. The average Bonchev–Trinajstić information content (AvgIpc) is 2.76. The van der Waals surface area contributed by atoms with E-state index in [0.717, 1.165) is 12.8 Å². The van der Waals surface area contributed by atoms with Crippen LogP contribution >= 0.6 is 0 Å². The number of piperazine rings is 1. The Bertz CT molecular complexity index is 742. The van der Waals surface area contributed by atoms with Gasteiger partial charge in [-0.05, 0) is 30.7 Å². The molecule has 1 aliphatic heterocycles. The van der Waals surface area contributed by atoms with Crippen LogP contribution in [-0.2, 0) is 19.1 Å². The summed E-state index contributed by atoms with van der Waals surface area (Å²) in [5, 5.41) is 2.47. The zero-order valence-electron chi connectivity index (χ0n) is 17.5. The summed E-state index contributed by atoms with van der Waals surface area (Å²) in [6, 6.07) is 6.64. The molecule has 1 aliphatic rings. The van der Waals surface area contributed by atoms with E-state index in [1.165, 1.54) is 6.92 Å². The number of carbonyl (C=O) groups excluding carboxylic acids is 4. The monoisotopic (exact) mass is 419 g/mol. The number of ether oxygens (including phenoxy) is 2. The van der Waals surface area contributed by atoms with Crippen molar-refractivity contribution in [3.63, 3.8) is 0 Å². The quantitative estimate of drug-likeness (QED) is 0.470. The van der Waals surface area contributed by atoms with Crippen molar-refractivity contribution in [2.45, 2.75) is 26.7 Å². The van der Waals surface area contributed by atoms with Gasteiger partial charge in [-0.25, -0.2) is 0 Å². The molecule has 1 aromatic rings. The molecule has 1 heterocycles. The molecule has 0 aromatic heterocycles. The van der Waals surface area contributed by atoms with Crippen molar-refractivity contribution in [2.75, 3.05) is 45.9 Å². The van der Waals surface area contributed by atoms with E-state index in [9.17, 15) is 19.2 Å². The van der Waals surface area contributed by atoms with Crippen molar-refractivity contribution in [1.29, 1.82) is 0 Å². The number of esters is 1. The summed E-state index contributed by atoms with van der Waals surface area (Å²) in [6.45, 7) is 5.21. The maximum Gasteiger partial charge on any atom is 0.325 e. The summed E-state index contributed by atoms with van der Waals surface area (Å²) < 4.78 is 10.5. The van der Waals surface area contributed by atoms with Crippen LogP contribution in [0.25, 0.3) is 0 Å². The molecular formula is C21H29N3O6. The maximum absolute atomic E-state index is 12.1. The van der Waals surface area contributed by atoms with Crippen LogP contribution in [0.5, 0.6) is 5.75 Å². The summed E-state index contributed by atoms with van der Waals surface area (Å²) in [7, 11) is 0. The van der Waals surface area contributed by atoms with E-state index in [1.807, 2.05) is 0 Å². The van der Waals surface area contributed by atoms with Gasteiger partial charge in [0, 0.05) is 38.7 Å². The number of nitrogens with one attached hydrogen (secondary N) is 1. The predicted octanol–water partition coefficient (Wildman–Crippen LogP) is 0.829. The highest BCUT2D eigenvalue weighted by Crippen LogP contribution is 2.12. The van der Waals surface area contributed by atoms with Crippen LogP contribution in [-0.4, -0.2) is 79.4 Å². The van der Waals surface area contributed by atoms with E-state index < -0.39 is 18.5 Å². The van der Waals surface area contributed by atoms with Crippen molar-refractivity contribution in [3.8, 4) is 5.75 Å². The number of amides is 3. The molecule has 30 heavy (non-hydrogen) atoms. The highest BCUT2D eigenvalue weighted by molar-refractivity contribution is 5.96. The minimum absolute atomic E-state index is 0.0251. The number of benzene rings is 1. The fraction of sp³-hybridized carbons (Fsp3) is 0.524. The van der Waals surface area contributed by atoms with Crippen LogP contribution in [0.2, 0.25) is 0 Å². The third kappa shape index (κ3) is 7.38. The number of carbonyl (C=O) groups is 4. The molecule has 164 valence electrons. The Labute approximate surface area is 176 Å². The molecule has 2 rings (SSSR count). The van der Waals surface area contributed by atoms with Crippen molar-refractivity contribution in [1.82, 2.24) is 15.1 Å². The number of unbranched alkanes of at least 4 members (excludes halogenated alkanes) is 1. The highest BCUT2D eigenvalue weighted by Gasteiger charge is 2.23. The largest absolute Gasteiger partial charge is 0.494 e. The Morgan fingerprint density at radius 2 is 1.63 bits per heavy atom. The van der Waals surface area contributed by atoms with Gasteiger partial charge in [0.25, 0.3) is 11.8 Å². The molecule has 0 aliphatic carbocycles. The van der Waals surface area contributed by atoms with Gasteiger partial charge in [0.1, 0.15) is 12.3 Å². The highest BCUT2D eigenvalue weighted by atomic mass is 16.5. The fourth-order valence-corrected chi connectivity index (χ4v) is 2.85. The van der Waals surface area contributed by atoms with Crippen molar-refractivity contribution in [2.24, 2.45) is 0 Å². The zero-order chi connectivity index (χ0) is 21.9. The van der Waals surface area contributed by atoms with Gasteiger partial charge in [0.15, 0.2) is 6.61 Å². The van der Waals surface area contributed by atoms with E-state index in [1.54, 1.807) is 34.1 Å². The van der Waals surface area contributed by atoms with Gasteiger partial charge < -0.3 is 24.6 Å². The number of nitrogens with zero attached hydrogens (tertiary/aromatic N) is 2. The van der Waals surface area contributed by atoms with Crippen LogP contribution in [0.1, 0.15) is 37.0 Å². The van der Waals surface area contributed by atoms with Gasteiger partial charge in [0.2, 0.25) is 5.91 Å². The van der Waals surface area contributed by atoms with Crippen molar-refractivity contribution < 1.29 is 28.7 Å². The number of hydrogen-bond acceptors (Lipinski definition) is 6. The van der Waals surface area contributed by atoms with Gasteiger partial charge in [-0.2, -0.15) is 0 Å². The summed E-state index contributed by atoms with van der Waals surface area (Å²) in [4.78, 5) is 50.6. The lowest BCUT2D eigenvalue weighted by atomic mass is 10.2. The molecule has 3 amide bonds. The predicted molar refractivity (Wildman–Crippen MR) is 109 cm³/mol. The first-order chi connectivity index (χ1) is 14.4. The van der Waals surface area contributed by atoms with E-state index in [0.29, 0.717) is 44.1 Å². The van der Waals surface area contributed by atoms with Gasteiger partial charge >= 0.3 is 5.97 Å². The first-order valence-electron chi connectivity index (χ1n) is 10.1. The summed E-state index contributed by atoms with van der Waals surface area (Å²) in [5.41, 5.74) is 0.394. The first kappa shape index (κ1) is 23.2. The Hall–Kier alpha value is -3.10. The molecule has 9 heteroatoms. The van der Waals surface area contributed by atoms with Crippen LogP contribution in [0.15, 0.2) is 24.3 Å². The fourth-order valence-electron chi connectivity index (χ4n) is 2.85. The Balaban J connectivity index is 1.67. The van der Waals surface area contributed by atoms with E-state index >= 15 is 0 Å². The molecule has 1 aromatic carbocycles. The third-order valence-electron chi connectivity index (χ3n) is 4.71. The van der Waals surface area contributed by atoms with Crippen LogP contribution in [0.4, 0.5) is 0 Å². The maximum atomic E-state index is 12.1. The van der Waals surface area contributed by atoms with Crippen LogP contribution in [0.3, 0.4) is 0 Å². The third-order valence-corrected chi connectivity index (χ3v) is 4.71. The van der Waals surface area contributed by atoms with Crippen LogP contribution < -0.4 is 10.1 Å². The second kappa shape index (κ2) is 11.8. The summed E-state index contributed by atoms with van der Waals surface area (Å²) in [5.74, 6) is -0.779. The molecule has 1 fully saturated rings. The standard InChI is InChI=1S/C21H29N3O6/c1-3-4-13-29-18-7-5-17(6-8-18)21(28)22-14-20(27)30-15-19(26)24-11-9-23(10-12-24)16(2)25/h5-8H,3-4,9-15H2,1-2H3,(H,22,28). The Morgan fingerprint density at radius 1 is 1.00 bits per heavy atom. The summed E-state index contributed by atoms with van der Waals surface area (Å²) >= 11 is 0. The lowest BCUT2D eigenvalue weighted by molar-refractivity contribution is -0.152.